The fourth-order valence-electron chi connectivity index (χ4n) is 3.14. The number of amides is 1. The second-order valence-corrected chi connectivity index (χ2v) is 11.0. The summed E-state index contributed by atoms with van der Waals surface area (Å²) in [6, 6.07) is -0.696. The predicted octanol–water partition coefficient (Wildman–Crippen LogP) is 4.61. The van der Waals surface area contributed by atoms with Gasteiger partial charge in [0.15, 0.2) is 0 Å². The van der Waals surface area contributed by atoms with Crippen LogP contribution in [0.25, 0.3) is 10.4 Å². The zero-order chi connectivity index (χ0) is 20.7. The summed E-state index contributed by atoms with van der Waals surface area (Å²) in [5.41, 5.74) is 7.36. The molecule has 0 spiro atoms. The first-order valence-corrected chi connectivity index (χ1v) is 10.6. The second kappa shape index (κ2) is 9.69. The molecule has 0 aromatic heterocycles. The van der Waals surface area contributed by atoms with Crippen LogP contribution in [0, 0.1) is 5.41 Å². The minimum absolute atomic E-state index is 0.0302. The number of carbonyl (C=O) groups is 2. The number of nitrogens with zero attached hydrogens (tertiary/aromatic N) is 3. The number of rotatable bonds is 8. The Bertz CT molecular complexity index is 568. The lowest BCUT2D eigenvalue weighted by Crippen LogP contribution is -2.51. The van der Waals surface area contributed by atoms with Gasteiger partial charge in [-0.05, 0) is 45.6 Å². The maximum atomic E-state index is 13.1. The second-order valence-electron chi connectivity index (χ2n) is 9.17. The van der Waals surface area contributed by atoms with Crippen molar-refractivity contribution < 1.29 is 14.3 Å². The molecule has 8 heteroatoms. The summed E-state index contributed by atoms with van der Waals surface area (Å²) in [5, 5.41) is 6.55. The zero-order valence-electron chi connectivity index (χ0n) is 17.5. The molecule has 0 aliphatic heterocycles. The van der Waals surface area contributed by atoms with Crippen LogP contribution < -0.4 is 5.32 Å². The van der Waals surface area contributed by atoms with Gasteiger partial charge in [-0.25, -0.2) is 4.79 Å². The minimum atomic E-state index is -0.696. The average Bonchev–Trinajstić information content (AvgIpc) is 2.99. The van der Waals surface area contributed by atoms with Crippen molar-refractivity contribution in [1.82, 2.24) is 5.32 Å². The number of thioether (sulfide) groups is 1. The number of azide groups is 1. The third-order valence-corrected chi connectivity index (χ3v) is 5.84. The monoisotopic (exact) mass is 398 g/mol. The van der Waals surface area contributed by atoms with Gasteiger partial charge in [-0.2, -0.15) is 11.8 Å². The Morgan fingerprint density at radius 1 is 1.22 bits per heavy atom. The van der Waals surface area contributed by atoms with E-state index in [0.29, 0.717) is 12.2 Å². The Balaban J connectivity index is 2.91. The summed E-state index contributed by atoms with van der Waals surface area (Å²) in [6.07, 6.45) is 3.96. The van der Waals surface area contributed by atoms with Gasteiger partial charge < -0.3 is 10.1 Å². The van der Waals surface area contributed by atoms with Gasteiger partial charge in [0.05, 0.1) is 0 Å². The lowest BCUT2D eigenvalue weighted by molar-refractivity contribution is -0.158. The van der Waals surface area contributed by atoms with Gasteiger partial charge >= 0.3 is 5.97 Å². The quantitative estimate of drug-likeness (QED) is 0.279. The van der Waals surface area contributed by atoms with Crippen molar-refractivity contribution >= 4 is 23.6 Å². The fraction of sp³-hybridized carbons (Fsp3) is 0.895. The molecule has 27 heavy (non-hydrogen) atoms. The molecule has 1 amide bonds. The Morgan fingerprint density at radius 3 is 2.30 bits per heavy atom. The Labute approximate surface area is 167 Å². The maximum absolute atomic E-state index is 13.1. The molecular weight excluding hydrogens is 364 g/mol. The van der Waals surface area contributed by atoms with Gasteiger partial charge in [-0.15, -0.1) is 0 Å². The molecule has 0 bridgehead atoms. The summed E-state index contributed by atoms with van der Waals surface area (Å²) >= 11 is 1.62. The highest BCUT2D eigenvalue weighted by molar-refractivity contribution is 8.00. The van der Waals surface area contributed by atoms with Gasteiger partial charge in [0, 0.05) is 27.4 Å². The molecule has 0 heterocycles. The molecule has 1 fully saturated rings. The van der Waals surface area contributed by atoms with Crippen LogP contribution in [0.1, 0.15) is 73.6 Å². The first-order valence-electron chi connectivity index (χ1n) is 9.57. The Kier molecular flexibility index (Phi) is 8.48. The van der Waals surface area contributed by atoms with E-state index in [1.54, 1.807) is 11.8 Å². The highest BCUT2D eigenvalue weighted by Crippen LogP contribution is 2.41. The summed E-state index contributed by atoms with van der Waals surface area (Å²) < 4.78 is 5.50. The van der Waals surface area contributed by atoms with Crippen LogP contribution >= 0.6 is 11.8 Å². The molecule has 0 radical (unpaired) electrons. The smallest absolute Gasteiger partial charge is 0.330 e. The number of esters is 1. The Hall–Kier alpha value is -1.40. The lowest BCUT2D eigenvalue weighted by Gasteiger charge is -2.31. The van der Waals surface area contributed by atoms with Crippen molar-refractivity contribution in [2.24, 2.45) is 10.5 Å². The van der Waals surface area contributed by atoms with Gasteiger partial charge in [0.2, 0.25) is 5.91 Å². The van der Waals surface area contributed by atoms with E-state index in [4.69, 9.17) is 10.3 Å². The largest absolute Gasteiger partial charge is 0.458 e. The third-order valence-electron chi connectivity index (χ3n) is 4.48. The van der Waals surface area contributed by atoms with E-state index < -0.39 is 23.0 Å². The van der Waals surface area contributed by atoms with Crippen LogP contribution in [0.2, 0.25) is 0 Å². The van der Waals surface area contributed by atoms with Crippen molar-refractivity contribution in [2.45, 2.75) is 90.0 Å². The van der Waals surface area contributed by atoms with E-state index >= 15 is 0 Å². The van der Waals surface area contributed by atoms with Crippen molar-refractivity contribution in [1.29, 1.82) is 0 Å². The molecule has 1 aliphatic carbocycles. The van der Waals surface area contributed by atoms with E-state index in [-0.39, 0.29) is 17.2 Å². The summed E-state index contributed by atoms with van der Waals surface area (Å²) in [7, 11) is 0. The van der Waals surface area contributed by atoms with Crippen LogP contribution in [0.5, 0.6) is 0 Å². The van der Waals surface area contributed by atoms with Gasteiger partial charge in [-0.1, -0.05) is 38.7 Å². The van der Waals surface area contributed by atoms with E-state index in [0.717, 1.165) is 25.7 Å². The highest BCUT2D eigenvalue weighted by atomic mass is 32.2. The van der Waals surface area contributed by atoms with Crippen LogP contribution in [-0.4, -0.2) is 40.6 Å². The molecule has 1 N–H and O–H groups in total. The molecule has 1 atom stereocenters. The first kappa shape index (κ1) is 23.6. The lowest BCUT2D eigenvalue weighted by atomic mass is 9.81. The van der Waals surface area contributed by atoms with Crippen molar-refractivity contribution in [3.05, 3.63) is 10.4 Å². The molecule has 0 aromatic carbocycles. The Morgan fingerprint density at radius 2 is 1.81 bits per heavy atom. The molecule has 1 unspecified atom stereocenters. The summed E-state index contributed by atoms with van der Waals surface area (Å²) in [4.78, 5) is 28.6. The number of nitrogens with one attached hydrogen (secondary N) is 1. The number of hydrogen-bond acceptors (Lipinski definition) is 5. The standard InChI is InChI=1S/C19H34N4O3S/c1-17(2,3)26-15(24)14(13-27-18(4,5)6)22-16(25)19(9-7-8-10-19)11-12-21-23-20/h14H,7-13H2,1-6H3,(H,22,25). The van der Waals surface area contributed by atoms with E-state index in [1.165, 1.54) is 0 Å². The van der Waals surface area contributed by atoms with Crippen molar-refractivity contribution in [3.63, 3.8) is 0 Å². The topological polar surface area (TPSA) is 104 Å². The summed E-state index contributed by atoms with van der Waals surface area (Å²) in [6.45, 7) is 12.0. The van der Waals surface area contributed by atoms with Crippen LogP contribution in [0.15, 0.2) is 5.11 Å². The molecular formula is C19H34N4O3S. The van der Waals surface area contributed by atoms with Crippen molar-refractivity contribution in [3.8, 4) is 0 Å². The third kappa shape index (κ3) is 8.43. The van der Waals surface area contributed by atoms with Crippen LogP contribution in [0.3, 0.4) is 0 Å². The molecule has 7 nitrogen and oxygen atoms in total. The van der Waals surface area contributed by atoms with Gasteiger partial charge in [0.1, 0.15) is 11.6 Å². The average molecular weight is 399 g/mol. The maximum Gasteiger partial charge on any atom is 0.330 e. The number of hydrogen-bond donors (Lipinski definition) is 1. The molecule has 1 aliphatic rings. The summed E-state index contributed by atoms with van der Waals surface area (Å²) in [5.74, 6) is -0.0781. The van der Waals surface area contributed by atoms with Gasteiger partial charge in [0.25, 0.3) is 0 Å². The first-order chi connectivity index (χ1) is 12.4. The molecule has 1 rings (SSSR count). The molecule has 0 saturated heterocycles. The van der Waals surface area contributed by atoms with Crippen LogP contribution in [0.4, 0.5) is 0 Å². The normalized spacial score (nSPS) is 17.7. The van der Waals surface area contributed by atoms with Crippen molar-refractivity contribution in [2.75, 3.05) is 12.3 Å². The van der Waals surface area contributed by atoms with E-state index in [9.17, 15) is 9.59 Å². The predicted molar refractivity (Wildman–Crippen MR) is 110 cm³/mol. The minimum Gasteiger partial charge on any atom is -0.458 e. The zero-order valence-corrected chi connectivity index (χ0v) is 18.3. The number of ether oxygens (including phenoxy) is 1. The number of carbonyl (C=O) groups excluding carboxylic acids is 2. The van der Waals surface area contributed by atoms with E-state index in [2.05, 4.69) is 36.1 Å². The molecule has 154 valence electrons. The molecule has 0 aromatic rings. The van der Waals surface area contributed by atoms with Gasteiger partial charge in [-0.3, -0.25) is 4.79 Å². The highest BCUT2D eigenvalue weighted by Gasteiger charge is 2.42. The van der Waals surface area contributed by atoms with Crippen LogP contribution in [-0.2, 0) is 14.3 Å². The SMILES string of the molecule is CC(C)(C)OC(=O)C(CSC(C)(C)C)NC(=O)C1(CCN=[N+]=[N-])CCCC1. The molecule has 1 saturated carbocycles. The fourth-order valence-corrected chi connectivity index (χ4v) is 4.02. The van der Waals surface area contributed by atoms with E-state index in [1.807, 2.05) is 20.8 Å².